The molecule has 1 amide bonds. The van der Waals surface area contributed by atoms with E-state index >= 15 is 0 Å². The number of amides is 1. The molecule has 0 unspecified atom stereocenters. The van der Waals surface area contributed by atoms with E-state index in [2.05, 4.69) is 20.4 Å². The fourth-order valence-electron chi connectivity index (χ4n) is 2.08. The first-order valence-electron chi connectivity index (χ1n) is 7.26. The second-order valence-corrected chi connectivity index (χ2v) is 5.29. The van der Waals surface area contributed by atoms with E-state index in [0.29, 0.717) is 37.8 Å². The van der Waals surface area contributed by atoms with Crippen molar-refractivity contribution in [3.8, 4) is 0 Å². The quantitative estimate of drug-likeness (QED) is 0.761. The van der Waals surface area contributed by atoms with Gasteiger partial charge < -0.3 is 19.9 Å². The van der Waals surface area contributed by atoms with Crippen molar-refractivity contribution in [1.29, 1.82) is 0 Å². The smallest absolute Gasteiger partial charge is 0.274 e. The van der Waals surface area contributed by atoms with Gasteiger partial charge in [0, 0.05) is 19.6 Å². The Labute approximate surface area is 125 Å². The van der Waals surface area contributed by atoms with E-state index in [0.717, 1.165) is 19.5 Å². The van der Waals surface area contributed by atoms with Crippen LogP contribution in [-0.4, -0.2) is 79.4 Å². The summed E-state index contributed by atoms with van der Waals surface area (Å²) in [5.41, 5.74) is 0.385. The van der Waals surface area contributed by atoms with Gasteiger partial charge in [0.2, 0.25) is 0 Å². The number of anilines is 1. The molecule has 2 heterocycles. The van der Waals surface area contributed by atoms with E-state index in [1.54, 1.807) is 17.0 Å². The number of ether oxygens (including phenoxy) is 1. The second-order valence-electron chi connectivity index (χ2n) is 5.29. The van der Waals surface area contributed by atoms with Crippen molar-refractivity contribution >= 4 is 11.7 Å². The third-order valence-corrected chi connectivity index (χ3v) is 3.27. The predicted molar refractivity (Wildman–Crippen MR) is 80.4 cm³/mol. The molecule has 1 aromatic rings. The highest BCUT2D eigenvalue weighted by Gasteiger charge is 2.19. The Balaban J connectivity index is 1.82. The molecule has 1 fully saturated rings. The summed E-state index contributed by atoms with van der Waals surface area (Å²) in [7, 11) is 4.09. The molecule has 1 saturated heterocycles. The average Bonchev–Trinajstić information content (AvgIpc) is 2.52. The molecule has 0 spiro atoms. The van der Waals surface area contributed by atoms with Gasteiger partial charge in [-0.15, -0.1) is 10.2 Å². The molecular weight excluding hydrogens is 270 g/mol. The predicted octanol–water partition coefficient (Wildman–Crippen LogP) is 0.313. The van der Waals surface area contributed by atoms with Crippen molar-refractivity contribution < 1.29 is 9.53 Å². The molecule has 21 heavy (non-hydrogen) atoms. The van der Waals surface area contributed by atoms with Crippen LogP contribution in [0.5, 0.6) is 0 Å². The molecule has 0 radical (unpaired) electrons. The van der Waals surface area contributed by atoms with E-state index in [1.165, 1.54) is 0 Å². The summed E-state index contributed by atoms with van der Waals surface area (Å²) in [6.07, 6.45) is 1.03. The fraction of sp³-hybridized carbons (Fsp3) is 0.643. The summed E-state index contributed by atoms with van der Waals surface area (Å²) in [5.74, 6) is 0.622. The van der Waals surface area contributed by atoms with Gasteiger partial charge in [0.1, 0.15) is 5.82 Å². The van der Waals surface area contributed by atoms with Crippen LogP contribution in [-0.2, 0) is 4.74 Å². The zero-order valence-corrected chi connectivity index (χ0v) is 12.7. The van der Waals surface area contributed by atoms with Gasteiger partial charge in [0.25, 0.3) is 5.91 Å². The van der Waals surface area contributed by atoms with Crippen molar-refractivity contribution in [1.82, 2.24) is 20.0 Å². The van der Waals surface area contributed by atoms with Crippen LogP contribution in [0.2, 0.25) is 0 Å². The van der Waals surface area contributed by atoms with Crippen LogP contribution < -0.4 is 5.32 Å². The number of aromatic nitrogens is 2. The zero-order valence-electron chi connectivity index (χ0n) is 12.7. The van der Waals surface area contributed by atoms with E-state index < -0.39 is 0 Å². The third kappa shape index (κ3) is 4.95. The summed E-state index contributed by atoms with van der Waals surface area (Å²) in [5, 5.41) is 11.3. The number of nitrogens with one attached hydrogen (secondary N) is 1. The summed E-state index contributed by atoms with van der Waals surface area (Å²) >= 11 is 0. The van der Waals surface area contributed by atoms with Crippen LogP contribution in [0.4, 0.5) is 5.82 Å². The Kier molecular flexibility index (Phi) is 5.89. The van der Waals surface area contributed by atoms with Crippen LogP contribution in [0.15, 0.2) is 12.1 Å². The molecule has 7 heteroatoms. The molecule has 0 saturated carbocycles. The van der Waals surface area contributed by atoms with Gasteiger partial charge in [-0.2, -0.15) is 0 Å². The maximum atomic E-state index is 12.2. The topological polar surface area (TPSA) is 70.6 Å². The van der Waals surface area contributed by atoms with Gasteiger partial charge >= 0.3 is 0 Å². The van der Waals surface area contributed by atoms with Gasteiger partial charge in [0.05, 0.1) is 13.2 Å². The first kappa shape index (κ1) is 15.7. The van der Waals surface area contributed by atoms with Crippen molar-refractivity contribution in [2.24, 2.45) is 0 Å². The summed E-state index contributed by atoms with van der Waals surface area (Å²) in [6, 6.07) is 3.52. The number of nitrogens with zero attached hydrogens (tertiary/aromatic N) is 4. The van der Waals surface area contributed by atoms with E-state index in [4.69, 9.17) is 4.74 Å². The highest BCUT2D eigenvalue weighted by Crippen LogP contribution is 2.07. The summed E-state index contributed by atoms with van der Waals surface area (Å²) < 4.78 is 5.23. The Morgan fingerprint density at radius 3 is 2.71 bits per heavy atom. The van der Waals surface area contributed by atoms with E-state index in [-0.39, 0.29) is 5.91 Å². The van der Waals surface area contributed by atoms with Crippen LogP contribution >= 0.6 is 0 Å². The minimum absolute atomic E-state index is 0.0787. The number of rotatable bonds is 6. The molecule has 0 bridgehead atoms. The molecule has 0 aliphatic carbocycles. The van der Waals surface area contributed by atoms with Crippen molar-refractivity contribution in [2.45, 2.75) is 6.42 Å². The highest BCUT2D eigenvalue weighted by atomic mass is 16.5. The third-order valence-electron chi connectivity index (χ3n) is 3.27. The molecule has 1 aliphatic heterocycles. The largest absolute Gasteiger partial charge is 0.378 e. The molecule has 116 valence electrons. The Hall–Kier alpha value is -1.73. The van der Waals surface area contributed by atoms with Gasteiger partial charge in [-0.3, -0.25) is 4.79 Å². The van der Waals surface area contributed by atoms with Crippen LogP contribution in [0.1, 0.15) is 16.9 Å². The highest BCUT2D eigenvalue weighted by molar-refractivity contribution is 5.92. The molecule has 0 aromatic carbocycles. The first-order valence-corrected chi connectivity index (χ1v) is 7.26. The average molecular weight is 293 g/mol. The van der Waals surface area contributed by atoms with Gasteiger partial charge in [-0.25, -0.2) is 0 Å². The maximum Gasteiger partial charge on any atom is 0.274 e. The molecule has 2 rings (SSSR count). The Bertz CT molecular complexity index is 443. The lowest BCUT2D eigenvalue weighted by atomic mass is 10.3. The lowest BCUT2D eigenvalue weighted by Gasteiger charge is -2.26. The lowest BCUT2D eigenvalue weighted by molar-refractivity contribution is 0.0298. The van der Waals surface area contributed by atoms with Gasteiger partial charge in [-0.05, 0) is 39.2 Å². The van der Waals surface area contributed by atoms with E-state index in [1.807, 2.05) is 14.1 Å². The maximum absolute atomic E-state index is 12.2. The van der Waals surface area contributed by atoms with Gasteiger partial charge in [0.15, 0.2) is 5.69 Å². The fourth-order valence-corrected chi connectivity index (χ4v) is 2.08. The first-order chi connectivity index (χ1) is 10.2. The van der Waals surface area contributed by atoms with Crippen LogP contribution in [0.25, 0.3) is 0 Å². The molecule has 0 atom stereocenters. The van der Waals surface area contributed by atoms with Crippen LogP contribution in [0, 0.1) is 0 Å². The van der Waals surface area contributed by atoms with Crippen LogP contribution in [0.3, 0.4) is 0 Å². The molecule has 1 aliphatic rings. The standard InChI is InChI=1S/C14H23N5O2/c1-18(2)7-3-6-15-13-5-4-12(16-17-13)14(20)19-8-10-21-11-9-19/h4-5H,3,6-11H2,1-2H3,(H,15,17). The molecular formula is C14H23N5O2. The van der Waals surface area contributed by atoms with Crippen molar-refractivity contribution in [3.63, 3.8) is 0 Å². The number of hydrogen-bond acceptors (Lipinski definition) is 6. The SMILES string of the molecule is CN(C)CCCNc1ccc(C(=O)N2CCOCC2)nn1. The Morgan fingerprint density at radius 2 is 2.10 bits per heavy atom. The number of morpholine rings is 1. The van der Waals surface area contributed by atoms with Gasteiger partial charge in [-0.1, -0.05) is 0 Å². The number of hydrogen-bond donors (Lipinski definition) is 1. The van der Waals surface area contributed by atoms with Crippen molar-refractivity contribution in [2.75, 3.05) is 58.8 Å². The second kappa shape index (κ2) is 7.90. The van der Waals surface area contributed by atoms with Crippen molar-refractivity contribution in [3.05, 3.63) is 17.8 Å². The number of carbonyl (C=O) groups excluding carboxylic acids is 1. The monoisotopic (exact) mass is 293 g/mol. The lowest BCUT2D eigenvalue weighted by Crippen LogP contribution is -2.41. The number of carbonyl (C=O) groups is 1. The summed E-state index contributed by atoms with van der Waals surface area (Å²) in [6.45, 7) is 4.27. The zero-order chi connectivity index (χ0) is 15.1. The summed E-state index contributed by atoms with van der Waals surface area (Å²) in [4.78, 5) is 16.1. The molecule has 1 N–H and O–H groups in total. The minimum Gasteiger partial charge on any atom is -0.378 e. The molecule has 1 aromatic heterocycles. The van der Waals surface area contributed by atoms with E-state index in [9.17, 15) is 4.79 Å². The Morgan fingerprint density at radius 1 is 1.33 bits per heavy atom. The minimum atomic E-state index is -0.0787. The normalized spacial score (nSPS) is 15.3. The molecule has 7 nitrogen and oxygen atoms in total.